The summed E-state index contributed by atoms with van der Waals surface area (Å²) in [6, 6.07) is 5.88. The van der Waals surface area contributed by atoms with E-state index in [4.69, 9.17) is 10.5 Å². The van der Waals surface area contributed by atoms with Crippen LogP contribution in [0.2, 0.25) is 0 Å². The molecule has 2 aliphatic rings. The van der Waals surface area contributed by atoms with Gasteiger partial charge in [0, 0.05) is 5.56 Å². The standard InChI is InChI=1S/C15H14N2O6S/c1-6(18)9-12(20)17-10(14(21)22)15(24-13(9)17)23-8-4-2-7(3-5-8)11(16)19/h2-6,9,13,18H,1H3,(H2,16,19)(H,21,22)/t6-,9+,13-/m1/s1. The van der Waals surface area contributed by atoms with E-state index in [-0.39, 0.29) is 10.8 Å². The first kappa shape index (κ1) is 16.3. The fourth-order valence-corrected chi connectivity index (χ4v) is 4.08. The van der Waals surface area contributed by atoms with Gasteiger partial charge in [-0.05, 0) is 31.2 Å². The molecule has 126 valence electrons. The lowest BCUT2D eigenvalue weighted by molar-refractivity contribution is -0.156. The quantitative estimate of drug-likeness (QED) is 0.652. The van der Waals surface area contributed by atoms with E-state index in [0.29, 0.717) is 11.3 Å². The second-order valence-electron chi connectivity index (χ2n) is 5.41. The molecule has 8 nitrogen and oxygen atoms in total. The van der Waals surface area contributed by atoms with E-state index in [0.717, 1.165) is 16.7 Å². The lowest BCUT2D eigenvalue weighted by atomic mass is 9.92. The van der Waals surface area contributed by atoms with Gasteiger partial charge in [-0.1, -0.05) is 11.8 Å². The van der Waals surface area contributed by atoms with E-state index in [9.17, 15) is 24.6 Å². The van der Waals surface area contributed by atoms with Crippen molar-refractivity contribution >= 4 is 29.5 Å². The Morgan fingerprint density at radius 1 is 1.33 bits per heavy atom. The highest BCUT2D eigenvalue weighted by atomic mass is 32.2. The van der Waals surface area contributed by atoms with Gasteiger partial charge in [0.1, 0.15) is 11.1 Å². The van der Waals surface area contributed by atoms with Crippen LogP contribution in [0.1, 0.15) is 17.3 Å². The number of aliphatic hydroxyl groups is 1. The Bertz CT molecular complexity index is 758. The van der Waals surface area contributed by atoms with Crippen LogP contribution in [-0.4, -0.2) is 44.4 Å². The van der Waals surface area contributed by atoms with Gasteiger partial charge in [-0.15, -0.1) is 0 Å². The number of amides is 2. The minimum absolute atomic E-state index is 0.0656. The van der Waals surface area contributed by atoms with Gasteiger partial charge < -0.3 is 20.7 Å². The van der Waals surface area contributed by atoms with Crippen LogP contribution < -0.4 is 10.5 Å². The Morgan fingerprint density at radius 2 is 1.96 bits per heavy atom. The first-order valence-electron chi connectivity index (χ1n) is 7.04. The second-order valence-corrected chi connectivity index (χ2v) is 6.50. The number of carbonyl (C=O) groups excluding carboxylic acids is 2. The molecule has 1 saturated heterocycles. The van der Waals surface area contributed by atoms with Gasteiger partial charge in [-0.2, -0.15) is 0 Å². The number of carboxylic acids is 1. The third-order valence-electron chi connectivity index (χ3n) is 3.82. The number of benzene rings is 1. The summed E-state index contributed by atoms with van der Waals surface area (Å²) in [5.41, 5.74) is 5.20. The molecule has 0 spiro atoms. The molecule has 1 aromatic carbocycles. The second kappa shape index (κ2) is 5.84. The number of nitrogens with zero attached hydrogens (tertiary/aromatic N) is 1. The number of fused-ring (bicyclic) bond motifs is 1. The van der Waals surface area contributed by atoms with Gasteiger partial charge in [-0.3, -0.25) is 14.5 Å². The summed E-state index contributed by atoms with van der Waals surface area (Å²) in [7, 11) is 0. The number of ether oxygens (including phenoxy) is 1. The van der Waals surface area contributed by atoms with E-state index >= 15 is 0 Å². The molecule has 0 saturated carbocycles. The molecule has 24 heavy (non-hydrogen) atoms. The fraction of sp³-hybridized carbons (Fsp3) is 0.267. The number of carboxylic acid groups (broad SMARTS) is 1. The van der Waals surface area contributed by atoms with Gasteiger partial charge in [0.05, 0.1) is 12.0 Å². The summed E-state index contributed by atoms with van der Waals surface area (Å²) in [5, 5.41) is 18.6. The van der Waals surface area contributed by atoms with Gasteiger partial charge in [0.25, 0.3) is 0 Å². The van der Waals surface area contributed by atoms with E-state index < -0.39 is 35.2 Å². The number of nitrogens with two attached hydrogens (primary N) is 1. The van der Waals surface area contributed by atoms with Gasteiger partial charge in [-0.25, -0.2) is 4.79 Å². The number of hydrogen-bond acceptors (Lipinski definition) is 6. The van der Waals surface area contributed by atoms with Gasteiger partial charge in [0.2, 0.25) is 11.8 Å². The molecule has 3 rings (SSSR count). The monoisotopic (exact) mass is 350 g/mol. The molecule has 0 aliphatic carbocycles. The summed E-state index contributed by atoms with van der Waals surface area (Å²) < 4.78 is 5.58. The first-order chi connectivity index (χ1) is 11.3. The van der Waals surface area contributed by atoms with Crippen molar-refractivity contribution in [2.75, 3.05) is 0 Å². The van der Waals surface area contributed by atoms with Crippen LogP contribution in [-0.2, 0) is 9.59 Å². The highest BCUT2D eigenvalue weighted by Gasteiger charge is 2.58. The van der Waals surface area contributed by atoms with Crippen molar-refractivity contribution in [2.45, 2.75) is 18.4 Å². The molecule has 0 unspecified atom stereocenters. The number of carbonyl (C=O) groups is 3. The zero-order chi connectivity index (χ0) is 17.6. The summed E-state index contributed by atoms with van der Waals surface area (Å²) in [5.74, 6) is -2.67. The molecule has 3 atom stereocenters. The number of hydrogen-bond donors (Lipinski definition) is 3. The van der Waals surface area contributed by atoms with E-state index in [1.165, 1.54) is 31.2 Å². The van der Waals surface area contributed by atoms with Crippen LogP contribution >= 0.6 is 11.8 Å². The zero-order valence-electron chi connectivity index (χ0n) is 12.5. The lowest BCUT2D eigenvalue weighted by Crippen LogP contribution is -2.60. The molecule has 2 aliphatic heterocycles. The summed E-state index contributed by atoms with van der Waals surface area (Å²) >= 11 is 1.07. The number of primary amides is 1. The minimum atomic E-state index is -1.29. The first-order valence-corrected chi connectivity index (χ1v) is 7.92. The number of aliphatic hydroxyl groups excluding tert-OH is 1. The van der Waals surface area contributed by atoms with Crippen molar-refractivity contribution < 1.29 is 29.3 Å². The van der Waals surface area contributed by atoms with E-state index in [1.807, 2.05) is 0 Å². The largest absolute Gasteiger partial charge is 0.476 e. The Kier molecular flexibility index (Phi) is 3.98. The Hall–Kier alpha value is -2.52. The van der Waals surface area contributed by atoms with Gasteiger partial charge >= 0.3 is 5.97 Å². The van der Waals surface area contributed by atoms with Crippen molar-refractivity contribution in [1.29, 1.82) is 0 Å². The number of β-lactam (4-membered cyclic amide) rings is 1. The molecule has 4 N–H and O–H groups in total. The molecular weight excluding hydrogens is 336 g/mol. The molecule has 0 bridgehead atoms. The highest BCUT2D eigenvalue weighted by molar-refractivity contribution is 8.03. The molecular formula is C15H14N2O6S. The molecule has 1 fully saturated rings. The van der Waals surface area contributed by atoms with Crippen LogP contribution in [0.4, 0.5) is 0 Å². The van der Waals surface area contributed by atoms with Crippen molar-refractivity contribution in [3.05, 3.63) is 40.6 Å². The molecule has 2 amide bonds. The van der Waals surface area contributed by atoms with Crippen LogP contribution in [0.5, 0.6) is 5.75 Å². The third-order valence-corrected chi connectivity index (χ3v) is 5.05. The van der Waals surface area contributed by atoms with E-state index in [1.54, 1.807) is 0 Å². The predicted octanol–water partition coefficient (Wildman–Crippen LogP) is 0.330. The SMILES string of the molecule is C[C@@H](O)[C@H]1C(=O)N2C(C(=O)O)=C(Oc3ccc(C(N)=O)cc3)S[C@H]12. The number of rotatable bonds is 5. The Balaban J connectivity index is 1.86. The van der Waals surface area contributed by atoms with Crippen molar-refractivity contribution in [3.63, 3.8) is 0 Å². The maximum Gasteiger partial charge on any atom is 0.357 e. The summed E-state index contributed by atoms with van der Waals surface area (Å²) in [4.78, 5) is 35.7. The average molecular weight is 350 g/mol. The zero-order valence-corrected chi connectivity index (χ0v) is 13.3. The average Bonchev–Trinajstić information content (AvgIpc) is 2.81. The van der Waals surface area contributed by atoms with Crippen molar-refractivity contribution in [2.24, 2.45) is 11.7 Å². The predicted molar refractivity (Wildman–Crippen MR) is 83.6 cm³/mol. The summed E-state index contributed by atoms with van der Waals surface area (Å²) in [6.07, 6.45) is -0.879. The van der Waals surface area contributed by atoms with Crippen molar-refractivity contribution in [1.82, 2.24) is 4.90 Å². The summed E-state index contributed by atoms with van der Waals surface area (Å²) in [6.45, 7) is 1.49. The van der Waals surface area contributed by atoms with E-state index in [2.05, 4.69) is 0 Å². The van der Waals surface area contributed by atoms with Crippen LogP contribution in [0.3, 0.4) is 0 Å². The highest BCUT2D eigenvalue weighted by Crippen LogP contribution is 2.50. The maximum absolute atomic E-state index is 12.1. The molecule has 1 aromatic rings. The minimum Gasteiger partial charge on any atom is -0.476 e. The molecule has 9 heteroatoms. The van der Waals surface area contributed by atoms with Crippen LogP contribution in [0, 0.1) is 5.92 Å². The number of thioether (sulfide) groups is 1. The van der Waals surface area contributed by atoms with Crippen molar-refractivity contribution in [3.8, 4) is 5.75 Å². The number of aliphatic carboxylic acids is 1. The third kappa shape index (κ3) is 2.51. The normalized spacial score (nSPS) is 23.6. The maximum atomic E-state index is 12.1. The topological polar surface area (TPSA) is 130 Å². The molecule has 2 heterocycles. The van der Waals surface area contributed by atoms with Crippen LogP contribution in [0.15, 0.2) is 35.1 Å². The smallest absolute Gasteiger partial charge is 0.357 e. The Labute approximate surface area is 140 Å². The fourth-order valence-electron chi connectivity index (χ4n) is 2.62. The molecule has 0 radical (unpaired) electrons. The lowest BCUT2D eigenvalue weighted by Gasteiger charge is -2.43. The molecule has 0 aromatic heterocycles. The van der Waals surface area contributed by atoms with Crippen LogP contribution in [0.25, 0.3) is 0 Å². The Morgan fingerprint density at radius 3 is 2.46 bits per heavy atom. The van der Waals surface area contributed by atoms with Gasteiger partial charge in [0.15, 0.2) is 10.8 Å².